The van der Waals surface area contributed by atoms with Crippen LogP contribution in [0.1, 0.15) is 31.0 Å². The van der Waals surface area contributed by atoms with Crippen molar-refractivity contribution in [3.8, 4) is 0 Å². The van der Waals surface area contributed by atoms with Gasteiger partial charge in [-0.25, -0.2) is 0 Å². The minimum atomic E-state index is -0.824. The molecule has 0 aromatic heterocycles. The van der Waals surface area contributed by atoms with Crippen LogP contribution in [0.3, 0.4) is 0 Å². The van der Waals surface area contributed by atoms with Crippen molar-refractivity contribution in [3.05, 3.63) is 35.4 Å². The lowest BCUT2D eigenvalue weighted by Crippen LogP contribution is -2.31. The highest BCUT2D eigenvalue weighted by Gasteiger charge is 2.20. The second-order valence-electron chi connectivity index (χ2n) is 4.43. The Kier molecular flexibility index (Phi) is 4.50. The summed E-state index contributed by atoms with van der Waals surface area (Å²) in [5.74, 6) is -0.388. The van der Waals surface area contributed by atoms with Gasteiger partial charge in [0.25, 0.3) is 0 Å². The number of aryl methyl sites for hydroxylation is 1. The lowest BCUT2D eigenvalue weighted by atomic mass is 10.0. The molecule has 0 amide bonds. The molecule has 3 heteroatoms. The number of carboxylic acids is 1. The molecule has 0 spiro atoms. The van der Waals surface area contributed by atoms with Gasteiger partial charge in [0, 0.05) is 0 Å². The number of carboxylic acid groups (broad SMARTS) is 1. The van der Waals surface area contributed by atoms with Crippen LogP contribution in [0.25, 0.3) is 0 Å². The molecular formula is C13H19NO2. The SMILES string of the molecule is Cc1ccccc1C(NCC(C)C)C(=O)O. The molecule has 1 aromatic carbocycles. The molecule has 1 atom stereocenters. The predicted octanol–water partition coefficient (Wildman–Crippen LogP) is 2.37. The third-order valence-corrected chi connectivity index (χ3v) is 2.48. The van der Waals surface area contributed by atoms with Gasteiger partial charge >= 0.3 is 5.97 Å². The summed E-state index contributed by atoms with van der Waals surface area (Å²) in [6, 6.07) is 6.97. The minimum Gasteiger partial charge on any atom is -0.480 e. The minimum absolute atomic E-state index is 0.436. The first-order chi connectivity index (χ1) is 7.52. The van der Waals surface area contributed by atoms with E-state index in [1.807, 2.05) is 31.2 Å². The Labute approximate surface area is 96.5 Å². The van der Waals surface area contributed by atoms with E-state index in [1.165, 1.54) is 0 Å². The van der Waals surface area contributed by atoms with Crippen molar-refractivity contribution in [1.82, 2.24) is 5.32 Å². The van der Waals surface area contributed by atoms with Gasteiger partial charge in [-0.2, -0.15) is 0 Å². The first kappa shape index (κ1) is 12.7. The second-order valence-corrected chi connectivity index (χ2v) is 4.43. The molecule has 1 aromatic rings. The number of hydrogen-bond acceptors (Lipinski definition) is 2. The lowest BCUT2D eigenvalue weighted by Gasteiger charge is -2.18. The van der Waals surface area contributed by atoms with Crippen molar-refractivity contribution < 1.29 is 9.90 Å². The van der Waals surface area contributed by atoms with Crippen LogP contribution in [0.5, 0.6) is 0 Å². The first-order valence-corrected chi connectivity index (χ1v) is 5.54. The van der Waals surface area contributed by atoms with E-state index in [0.29, 0.717) is 12.5 Å². The zero-order valence-electron chi connectivity index (χ0n) is 10.0. The molecule has 0 radical (unpaired) electrons. The smallest absolute Gasteiger partial charge is 0.325 e. The molecular weight excluding hydrogens is 202 g/mol. The Hall–Kier alpha value is -1.35. The van der Waals surface area contributed by atoms with E-state index >= 15 is 0 Å². The quantitative estimate of drug-likeness (QED) is 0.802. The molecule has 0 saturated heterocycles. The zero-order valence-corrected chi connectivity index (χ0v) is 10.0. The number of benzene rings is 1. The molecule has 0 fully saturated rings. The molecule has 0 aliphatic rings. The molecule has 88 valence electrons. The molecule has 0 bridgehead atoms. The van der Waals surface area contributed by atoms with Crippen LogP contribution in [0, 0.1) is 12.8 Å². The van der Waals surface area contributed by atoms with Gasteiger partial charge in [0.2, 0.25) is 0 Å². The van der Waals surface area contributed by atoms with Gasteiger partial charge in [0.1, 0.15) is 6.04 Å². The fourth-order valence-electron chi connectivity index (χ4n) is 1.59. The van der Waals surface area contributed by atoms with E-state index in [4.69, 9.17) is 0 Å². The van der Waals surface area contributed by atoms with Crippen LogP contribution in [-0.2, 0) is 4.79 Å². The van der Waals surface area contributed by atoms with Crippen molar-refractivity contribution >= 4 is 5.97 Å². The molecule has 3 nitrogen and oxygen atoms in total. The number of nitrogens with one attached hydrogen (secondary N) is 1. The van der Waals surface area contributed by atoms with Crippen LogP contribution >= 0.6 is 0 Å². The van der Waals surface area contributed by atoms with Crippen LogP contribution in [0.2, 0.25) is 0 Å². The number of hydrogen-bond donors (Lipinski definition) is 2. The van der Waals surface area contributed by atoms with Crippen molar-refractivity contribution in [2.45, 2.75) is 26.8 Å². The van der Waals surface area contributed by atoms with E-state index in [0.717, 1.165) is 11.1 Å². The third kappa shape index (κ3) is 3.35. The maximum absolute atomic E-state index is 11.2. The molecule has 16 heavy (non-hydrogen) atoms. The maximum Gasteiger partial charge on any atom is 0.325 e. The third-order valence-electron chi connectivity index (χ3n) is 2.48. The summed E-state index contributed by atoms with van der Waals surface area (Å²) in [6.45, 7) is 6.75. The number of aliphatic carboxylic acids is 1. The fourth-order valence-corrected chi connectivity index (χ4v) is 1.59. The van der Waals surface area contributed by atoms with E-state index < -0.39 is 12.0 Å². The summed E-state index contributed by atoms with van der Waals surface area (Å²) in [5, 5.41) is 12.3. The van der Waals surface area contributed by atoms with Crippen LogP contribution < -0.4 is 5.32 Å². The Morgan fingerprint density at radius 3 is 2.50 bits per heavy atom. The Morgan fingerprint density at radius 1 is 1.38 bits per heavy atom. The van der Waals surface area contributed by atoms with Gasteiger partial charge < -0.3 is 10.4 Å². The lowest BCUT2D eigenvalue weighted by molar-refractivity contribution is -0.139. The van der Waals surface area contributed by atoms with Gasteiger partial charge in [-0.15, -0.1) is 0 Å². The summed E-state index contributed by atoms with van der Waals surface area (Å²) in [7, 11) is 0. The van der Waals surface area contributed by atoms with Crippen molar-refractivity contribution in [3.63, 3.8) is 0 Å². The van der Waals surface area contributed by atoms with Crippen LogP contribution in [0.4, 0.5) is 0 Å². The summed E-state index contributed by atoms with van der Waals surface area (Å²) in [6.07, 6.45) is 0. The maximum atomic E-state index is 11.2. The Balaban J connectivity index is 2.86. The summed E-state index contributed by atoms with van der Waals surface area (Å²) < 4.78 is 0. The fraction of sp³-hybridized carbons (Fsp3) is 0.462. The normalized spacial score (nSPS) is 12.8. The summed E-state index contributed by atoms with van der Waals surface area (Å²) in [5.41, 5.74) is 1.85. The summed E-state index contributed by atoms with van der Waals surface area (Å²) in [4.78, 5) is 11.2. The number of rotatable bonds is 5. The van der Waals surface area contributed by atoms with Gasteiger partial charge in [-0.05, 0) is 30.5 Å². The van der Waals surface area contributed by atoms with Crippen LogP contribution in [0.15, 0.2) is 24.3 Å². The van der Waals surface area contributed by atoms with Gasteiger partial charge in [-0.3, -0.25) is 4.79 Å². The second kappa shape index (κ2) is 5.66. The largest absolute Gasteiger partial charge is 0.480 e. The van der Waals surface area contributed by atoms with Crippen molar-refractivity contribution in [2.75, 3.05) is 6.54 Å². The zero-order chi connectivity index (χ0) is 12.1. The standard InChI is InChI=1S/C13H19NO2/c1-9(2)8-14-12(13(15)16)11-7-5-4-6-10(11)3/h4-7,9,12,14H,8H2,1-3H3,(H,15,16). The Morgan fingerprint density at radius 2 is 2.00 bits per heavy atom. The topological polar surface area (TPSA) is 49.3 Å². The predicted molar refractivity (Wildman–Crippen MR) is 64.4 cm³/mol. The van der Waals surface area contributed by atoms with Gasteiger partial charge in [-0.1, -0.05) is 38.1 Å². The highest BCUT2D eigenvalue weighted by atomic mass is 16.4. The van der Waals surface area contributed by atoms with Crippen LogP contribution in [-0.4, -0.2) is 17.6 Å². The van der Waals surface area contributed by atoms with E-state index in [2.05, 4.69) is 19.2 Å². The average molecular weight is 221 g/mol. The summed E-state index contributed by atoms with van der Waals surface area (Å²) >= 11 is 0. The first-order valence-electron chi connectivity index (χ1n) is 5.54. The van der Waals surface area contributed by atoms with Crippen molar-refractivity contribution in [1.29, 1.82) is 0 Å². The highest BCUT2D eigenvalue weighted by molar-refractivity contribution is 5.76. The molecule has 1 rings (SSSR count). The van der Waals surface area contributed by atoms with Gasteiger partial charge in [0.05, 0.1) is 0 Å². The highest BCUT2D eigenvalue weighted by Crippen LogP contribution is 2.17. The number of carbonyl (C=O) groups is 1. The molecule has 0 aliphatic heterocycles. The van der Waals surface area contributed by atoms with E-state index in [-0.39, 0.29) is 0 Å². The molecule has 0 aliphatic carbocycles. The molecule has 0 saturated carbocycles. The molecule has 2 N–H and O–H groups in total. The van der Waals surface area contributed by atoms with Crippen molar-refractivity contribution in [2.24, 2.45) is 5.92 Å². The monoisotopic (exact) mass is 221 g/mol. The Bertz CT molecular complexity index is 361. The average Bonchev–Trinajstić information content (AvgIpc) is 2.20. The molecule has 0 heterocycles. The van der Waals surface area contributed by atoms with E-state index in [1.54, 1.807) is 0 Å². The van der Waals surface area contributed by atoms with E-state index in [9.17, 15) is 9.90 Å². The molecule has 1 unspecified atom stereocenters. The van der Waals surface area contributed by atoms with Gasteiger partial charge in [0.15, 0.2) is 0 Å².